The number of hydrogen-bond donors (Lipinski definition) is 2. The molecule has 3 aromatic rings. The third kappa shape index (κ3) is 3.30. The molecule has 23 heavy (non-hydrogen) atoms. The number of sulfonamides is 1. The Morgan fingerprint density at radius 1 is 1.43 bits per heavy atom. The maximum atomic E-state index is 12.2. The number of thioether (sulfide) groups is 1. The van der Waals surface area contributed by atoms with Gasteiger partial charge in [-0.15, -0.1) is 0 Å². The zero-order valence-electron chi connectivity index (χ0n) is 12.0. The monoisotopic (exact) mass is 355 g/mol. The zero-order valence-corrected chi connectivity index (χ0v) is 13.6. The van der Waals surface area contributed by atoms with Gasteiger partial charge in [0.1, 0.15) is 6.33 Å². The predicted molar refractivity (Wildman–Crippen MR) is 83.8 cm³/mol. The number of aromatic amines is 1. The molecule has 2 aromatic heterocycles. The van der Waals surface area contributed by atoms with Crippen molar-refractivity contribution >= 4 is 32.9 Å². The quantitative estimate of drug-likeness (QED) is 0.482. The summed E-state index contributed by atoms with van der Waals surface area (Å²) in [5.74, 6) is -0.0390. The second-order valence-electron chi connectivity index (χ2n) is 4.59. The van der Waals surface area contributed by atoms with Gasteiger partial charge in [0, 0.05) is 25.4 Å². The molecule has 0 unspecified atom stereocenters. The van der Waals surface area contributed by atoms with Crippen LogP contribution in [0.2, 0.25) is 0 Å². The van der Waals surface area contributed by atoms with E-state index in [1.807, 2.05) is 0 Å². The molecule has 0 saturated carbocycles. The standard InChI is InChI=1S/C12H13N5O4S2/c1-17-9-3-2-8(6-10(9)21-12(17)18)23(19,20)15-4-5-22-11-13-7-14-16-11/h2-3,6-7,15H,4-5H2,1H3,(H,13,14,16). The molecule has 0 aliphatic heterocycles. The van der Waals surface area contributed by atoms with E-state index in [0.29, 0.717) is 16.4 Å². The number of nitrogens with one attached hydrogen (secondary N) is 2. The first-order valence-corrected chi connectivity index (χ1v) is 9.02. The van der Waals surface area contributed by atoms with Crippen molar-refractivity contribution in [1.29, 1.82) is 0 Å². The molecular weight excluding hydrogens is 342 g/mol. The summed E-state index contributed by atoms with van der Waals surface area (Å²) in [6.45, 7) is 0.227. The van der Waals surface area contributed by atoms with E-state index in [9.17, 15) is 13.2 Å². The number of benzene rings is 1. The van der Waals surface area contributed by atoms with Gasteiger partial charge in [0.25, 0.3) is 0 Å². The van der Waals surface area contributed by atoms with Gasteiger partial charge in [0.05, 0.1) is 10.4 Å². The predicted octanol–water partition coefficient (Wildman–Crippen LogP) is 0.320. The van der Waals surface area contributed by atoms with Crippen molar-refractivity contribution in [2.45, 2.75) is 10.1 Å². The molecule has 11 heteroatoms. The molecule has 3 rings (SSSR count). The Bertz CT molecular complexity index is 975. The first-order chi connectivity index (χ1) is 11.0. The lowest BCUT2D eigenvalue weighted by atomic mass is 10.3. The topological polar surface area (TPSA) is 123 Å². The molecule has 0 spiro atoms. The lowest BCUT2D eigenvalue weighted by Crippen LogP contribution is -2.26. The number of fused-ring (bicyclic) bond motifs is 1. The molecule has 0 aliphatic rings. The molecule has 122 valence electrons. The van der Waals surface area contributed by atoms with E-state index in [0.717, 1.165) is 0 Å². The Morgan fingerprint density at radius 3 is 3.00 bits per heavy atom. The van der Waals surface area contributed by atoms with Crippen molar-refractivity contribution in [3.63, 3.8) is 0 Å². The van der Waals surface area contributed by atoms with Gasteiger partial charge in [-0.25, -0.2) is 22.9 Å². The Kier molecular flexibility index (Phi) is 4.24. The highest BCUT2D eigenvalue weighted by Crippen LogP contribution is 2.18. The number of H-pyrrole nitrogens is 1. The third-order valence-corrected chi connectivity index (χ3v) is 5.44. The normalized spacial score (nSPS) is 12.0. The van der Waals surface area contributed by atoms with Crippen LogP contribution in [-0.2, 0) is 17.1 Å². The van der Waals surface area contributed by atoms with Gasteiger partial charge in [-0.2, -0.15) is 5.10 Å². The minimum absolute atomic E-state index is 0.0454. The number of aryl methyl sites for hydroxylation is 1. The first kappa shape index (κ1) is 15.8. The van der Waals surface area contributed by atoms with Gasteiger partial charge < -0.3 is 4.42 Å². The fourth-order valence-corrected chi connectivity index (χ4v) is 3.76. The number of nitrogens with zero attached hydrogens (tertiary/aromatic N) is 3. The van der Waals surface area contributed by atoms with Crippen molar-refractivity contribution in [1.82, 2.24) is 24.5 Å². The smallest absolute Gasteiger partial charge is 0.408 e. The van der Waals surface area contributed by atoms with Gasteiger partial charge in [-0.05, 0) is 12.1 Å². The lowest BCUT2D eigenvalue weighted by Gasteiger charge is -2.06. The number of hydrogen-bond acceptors (Lipinski definition) is 7. The van der Waals surface area contributed by atoms with E-state index < -0.39 is 15.8 Å². The summed E-state index contributed by atoms with van der Waals surface area (Å²) in [6, 6.07) is 4.31. The fraction of sp³-hybridized carbons (Fsp3) is 0.250. The SMILES string of the molecule is Cn1c(=O)oc2cc(S(=O)(=O)NCCSc3ncn[nH]3)ccc21. The maximum Gasteiger partial charge on any atom is 0.419 e. The summed E-state index contributed by atoms with van der Waals surface area (Å²) >= 11 is 1.35. The number of oxazole rings is 1. The van der Waals surface area contributed by atoms with Crippen LogP contribution in [0.25, 0.3) is 11.1 Å². The minimum Gasteiger partial charge on any atom is -0.408 e. The Morgan fingerprint density at radius 2 is 2.26 bits per heavy atom. The van der Waals surface area contributed by atoms with Crippen LogP contribution >= 0.6 is 11.8 Å². The van der Waals surface area contributed by atoms with Crippen molar-refractivity contribution in [2.24, 2.45) is 7.05 Å². The molecule has 0 saturated heterocycles. The summed E-state index contributed by atoms with van der Waals surface area (Å²) in [4.78, 5) is 15.4. The second kappa shape index (κ2) is 6.18. The number of aromatic nitrogens is 4. The van der Waals surface area contributed by atoms with Crippen LogP contribution in [0.4, 0.5) is 0 Å². The molecule has 0 aliphatic carbocycles. The van der Waals surface area contributed by atoms with Crippen LogP contribution in [0.3, 0.4) is 0 Å². The summed E-state index contributed by atoms with van der Waals surface area (Å²) in [7, 11) is -2.12. The lowest BCUT2D eigenvalue weighted by molar-refractivity contribution is 0.527. The molecule has 0 atom stereocenters. The Hall–Kier alpha value is -2.11. The average Bonchev–Trinajstić information content (AvgIpc) is 3.13. The van der Waals surface area contributed by atoms with Crippen LogP contribution in [0.1, 0.15) is 0 Å². The molecule has 0 bridgehead atoms. The second-order valence-corrected chi connectivity index (χ2v) is 7.44. The van der Waals surface area contributed by atoms with E-state index in [4.69, 9.17) is 4.42 Å². The van der Waals surface area contributed by atoms with E-state index in [-0.39, 0.29) is 17.0 Å². The molecule has 0 amide bonds. The van der Waals surface area contributed by atoms with Crippen LogP contribution in [-0.4, -0.2) is 40.5 Å². The first-order valence-electron chi connectivity index (χ1n) is 6.55. The van der Waals surface area contributed by atoms with E-state index in [2.05, 4.69) is 19.9 Å². The highest BCUT2D eigenvalue weighted by molar-refractivity contribution is 7.99. The van der Waals surface area contributed by atoms with Crippen LogP contribution < -0.4 is 10.5 Å². The number of rotatable bonds is 6. The largest absolute Gasteiger partial charge is 0.419 e. The molecule has 0 radical (unpaired) electrons. The Labute approximate surface area is 135 Å². The molecule has 1 aromatic carbocycles. The molecule has 2 heterocycles. The van der Waals surface area contributed by atoms with Crippen LogP contribution in [0.15, 0.2) is 43.8 Å². The highest BCUT2D eigenvalue weighted by Gasteiger charge is 2.16. The van der Waals surface area contributed by atoms with Crippen molar-refractivity contribution < 1.29 is 12.8 Å². The summed E-state index contributed by atoms with van der Waals surface area (Å²) < 4.78 is 33.3. The summed E-state index contributed by atoms with van der Waals surface area (Å²) in [5.41, 5.74) is 0.770. The van der Waals surface area contributed by atoms with E-state index in [1.165, 1.54) is 40.9 Å². The molecule has 0 fully saturated rings. The van der Waals surface area contributed by atoms with Gasteiger partial charge in [0.15, 0.2) is 10.7 Å². The zero-order chi connectivity index (χ0) is 16.4. The van der Waals surface area contributed by atoms with E-state index >= 15 is 0 Å². The van der Waals surface area contributed by atoms with Crippen molar-refractivity contribution in [3.8, 4) is 0 Å². The molecule has 9 nitrogen and oxygen atoms in total. The van der Waals surface area contributed by atoms with Crippen molar-refractivity contribution in [2.75, 3.05) is 12.3 Å². The van der Waals surface area contributed by atoms with Gasteiger partial charge >= 0.3 is 5.76 Å². The molecule has 2 N–H and O–H groups in total. The maximum absolute atomic E-state index is 12.2. The van der Waals surface area contributed by atoms with Crippen LogP contribution in [0.5, 0.6) is 0 Å². The third-order valence-electron chi connectivity index (χ3n) is 3.10. The average molecular weight is 355 g/mol. The van der Waals surface area contributed by atoms with Gasteiger partial charge in [0.2, 0.25) is 10.0 Å². The minimum atomic E-state index is -3.68. The highest BCUT2D eigenvalue weighted by atomic mass is 32.2. The van der Waals surface area contributed by atoms with Crippen LogP contribution in [0, 0.1) is 0 Å². The Balaban J connectivity index is 1.70. The molecular formula is C12H13N5O4S2. The van der Waals surface area contributed by atoms with Crippen molar-refractivity contribution in [3.05, 3.63) is 35.1 Å². The summed E-state index contributed by atoms with van der Waals surface area (Å²) in [5, 5.41) is 7.00. The van der Waals surface area contributed by atoms with Gasteiger partial charge in [-0.1, -0.05) is 11.8 Å². The summed E-state index contributed by atoms with van der Waals surface area (Å²) in [6.07, 6.45) is 1.38. The van der Waals surface area contributed by atoms with Gasteiger partial charge in [-0.3, -0.25) is 9.67 Å². The fourth-order valence-electron chi connectivity index (χ4n) is 1.95. The van der Waals surface area contributed by atoms with E-state index in [1.54, 1.807) is 7.05 Å².